The summed E-state index contributed by atoms with van der Waals surface area (Å²) in [7, 11) is 0. The fourth-order valence-electron chi connectivity index (χ4n) is 2.61. The molecule has 2 fully saturated rings. The summed E-state index contributed by atoms with van der Waals surface area (Å²) in [6, 6.07) is 3.63. The third-order valence-electron chi connectivity index (χ3n) is 3.89. The Labute approximate surface area is 101 Å². The second-order valence-electron chi connectivity index (χ2n) is 5.31. The van der Waals surface area contributed by atoms with Gasteiger partial charge in [0.25, 0.3) is 5.91 Å². The second-order valence-corrected chi connectivity index (χ2v) is 5.31. The van der Waals surface area contributed by atoms with Gasteiger partial charge in [-0.05, 0) is 37.8 Å². The van der Waals surface area contributed by atoms with Gasteiger partial charge in [0, 0.05) is 25.0 Å². The van der Waals surface area contributed by atoms with E-state index >= 15 is 0 Å². The SMILES string of the molecule is Cc1ncccc1C(=O)N1CC(N)(C2CC2)C1. The maximum Gasteiger partial charge on any atom is 0.255 e. The van der Waals surface area contributed by atoms with Crippen molar-refractivity contribution >= 4 is 5.91 Å². The normalized spacial score (nSPS) is 22.1. The van der Waals surface area contributed by atoms with Crippen molar-refractivity contribution in [2.75, 3.05) is 13.1 Å². The van der Waals surface area contributed by atoms with Crippen LogP contribution in [0.4, 0.5) is 0 Å². The van der Waals surface area contributed by atoms with Gasteiger partial charge < -0.3 is 10.6 Å². The van der Waals surface area contributed by atoms with E-state index in [0.29, 0.717) is 24.6 Å². The van der Waals surface area contributed by atoms with Crippen LogP contribution >= 0.6 is 0 Å². The van der Waals surface area contributed by atoms with Gasteiger partial charge in [0.15, 0.2) is 0 Å². The number of carbonyl (C=O) groups is 1. The Balaban J connectivity index is 1.71. The van der Waals surface area contributed by atoms with Crippen LogP contribution in [-0.4, -0.2) is 34.4 Å². The first-order valence-electron chi connectivity index (χ1n) is 6.10. The lowest BCUT2D eigenvalue weighted by Gasteiger charge is -2.48. The summed E-state index contributed by atoms with van der Waals surface area (Å²) >= 11 is 0. The molecular weight excluding hydrogens is 214 g/mol. The lowest BCUT2D eigenvalue weighted by molar-refractivity contribution is 0.0349. The van der Waals surface area contributed by atoms with Crippen molar-refractivity contribution in [3.63, 3.8) is 0 Å². The van der Waals surface area contributed by atoms with Gasteiger partial charge in [-0.15, -0.1) is 0 Å². The number of amides is 1. The molecule has 2 aliphatic rings. The van der Waals surface area contributed by atoms with Gasteiger partial charge in [0.1, 0.15) is 0 Å². The van der Waals surface area contributed by atoms with Crippen LogP contribution in [0.15, 0.2) is 18.3 Å². The number of aryl methyl sites for hydroxylation is 1. The monoisotopic (exact) mass is 231 g/mol. The van der Waals surface area contributed by atoms with Crippen LogP contribution < -0.4 is 5.73 Å². The predicted octanol–water partition coefficient (Wildman–Crippen LogP) is 0.953. The van der Waals surface area contributed by atoms with Gasteiger partial charge in [-0.25, -0.2) is 0 Å². The number of carbonyl (C=O) groups excluding carboxylic acids is 1. The highest BCUT2D eigenvalue weighted by atomic mass is 16.2. The van der Waals surface area contributed by atoms with Gasteiger partial charge in [-0.2, -0.15) is 0 Å². The molecule has 1 saturated heterocycles. The molecule has 1 aromatic heterocycles. The van der Waals surface area contributed by atoms with E-state index in [1.54, 1.807) is 12.3 Å². The summed E-state index contributed by atoms with van der Waals surface area (Å²) in [5.74, 6) is 0.707. The van der Waals surface area contributed by atoms with Crippen molar-refractivity contribution in [1.29, 1.82) is 0 Å². The first-order chi connectivity index (χ1) is 8.10. The zero-order valence-electron chi connectivity index (χ0n) is 10.0. The molecule has 1 aliphatic heterocycles. The standard InChI is InChI=1S/C13H17N3O/c1-9-11(3-2-6-15-9)12(17)16-7-13(14,8-16)10-4-5-10/h2-3,6,10H,4-5,7-8,14H2,1H3. The number of likely N-dealkylation sites (tertiary alicyclic amines) is 1. The molecular formula is C13H17N3O. The fourth-order valence-corrected chi connectivity index (χ4v) is 2.61. The smallest absolute Gasteiger partial charge is 0.255 e. The summed E-state index contributed by atoms with van der Waals surface area (Å²) < 4.78 is 0. The quantitative estimate of drug-likeness (QED) is 0.824. The van der Waals surface area contributed by atoms with Gasteiger partial charge in [0.05, 0.1) is 11.1 Å². The first kappa shape index (κ1) is 10.7. The zero-order chi connectivity index (χ0) is 12.0. The molecule has 0 atom stereocenters. The average molecular weight is 231 g/mol. The van der Waals surface area contributed by atoms with Gasteiger partial charge in [0.2, 0.25) is 0 Å². The Morgan fingerprint density at radius 2 is 2.24 bits per heavy atom. The molecule has 1 aromatic rings. The van der Waals surface area contributed by atoms with Crippen LogP contribution in [0.5, 0.6) is 0 Å². The Morgan fingerprint density at radius 1 is 1.53 bits per heavy atom. The van der Waals surface area contributed by atoms with E-state index in [-0.39, 0.29) is 11.4 Å². The minimum atomic E-state index is -0.105. The molecule has 1 amide bonds. The predicted molar refractivity (Wildman–Crippen MR) is 64.5 cm³/mol. The number of hydrogen-bond donors (Lipinski definition) is 1. The number of rotatable bonds is 2. The van der Waals surface area contributed by atoms with E-state index in [1.165, 1.54) is 12.8 Å². The molecule has 90 valence electrons. The third-order valence-corrected chi connectivity index (χ3v) is 3.89. The van der Waals surface area contributed by atoms with Crippen LogP contribution in [0.1, 0.15) is 28.9 Å². The summed E-state index contributed by atoms with van der Waals surface area (Å²) in [5.41, 5.74) is 7.63. The van der Waals surface area contributed by atoms with Crippen molar-refractivity contribution in [1.82, 2.24) is 9.88 Å². The van der Waals surface area contributed by atoms with Crippen LogP contribution in [-0.2, 0) is 0 Å². The van der Waals surface area contributed by atoms with Gasteiger partial charge in [-0.3, -0.25) is 9.78 Å². The molecule has 0 aromatic carbocycles. The van der Waals surface area contributed by atoms with Crippen molar-refractivity contribution in [2.45, 2.75) is 25.3 Å². The summed E-state index contributed by atoms with van der Waals surface area (Å²) in [6.45, 7) is 3.26. The Morgan fingerprint density at radius 3 is 2.82 bits per heavy atom. The minimum Gasteiger partial charge on any atom is -0.335 e. The highest BCUT2D eigenvalue weighted by Crippen LogP contribution is 2.43. The number of pyridine rings is 1. The summed E-state index contributed by atoms with van der Waals surface area (Å²) in [5, 5.41) is 0. The number of nitrogens with zero attached hydrogens (tertiary/aromatic N) is 2. The van der Waals surface area contributed by atoms with Crippen LogP contribution in [0.3, 0.4) is 0 Å². The van der Waals surface area contributed by atoms with E-state index in [4.69, 9.17) is 5.73 Å². The lowest BCUT2D eigenvalue weighted by atomic mass is 9.85. The van der Waals surface area contributed by atoms with Crippen LogP contribution in [0, 0.1) is 12.8 Å². The van der Waals surface area contributed by atoms with Gasteiger partial charge in [-0.1, -0.05) is 0 Å². The number of hydrogen-bond acceptors (Lipinski definition) is 3. The molecule has 4 nitrogen and oxygen atoms in total. The van der Waals surface area contributed by atoms with Crippen molar-refractivity contribution in [3.05, 3.63) is 29.6 Å². The molecule has 1 saturated carbocycles. The van der Waals surface area contributed by atoms with Crippen molar-refractivity contribution in [2.24, 2.45) is 11.7 Å². The molecule has 1 aliphatic carbocycles. The van der Waals surface area contributed by atoms with E-state index in [1.807, 2.05) is 17.9 Å². The molecule has 0 spiro atoms. The Bertz CT molecular complexity index is 461. The Hall–Kier alpha value is -1.42. The topological polar surface area (TPSA) is 59.2 Å². The fraction of sp³-hybridized carbons (Fsp3) is 0.538. The molecule has 17 heavy (non-hydrogen) atoms. The van der Waals surface area contributed by atoms with Crippen molar-refractivity contribution in [3.8, 4) is 0 Å². The van der Waals surface area contributed by atoms with E-state index in [0.717, 1.165) is 5.69 Å². The van der Waals surface area contributed by atoms with E-state index in [2.05, 4.69) is 4.98 Å². The first-order valence-corrected chi connectivity index (χ1v) is 6.10. The maximum atomic E-state index is 12.2. The van der Waals surface area contributed by atoms with E-state index < -0.39 is 0 Å². The lowest BCUT2D eigenvalue weighted by Crippen LogP contribution is -2.69. The van der Waals surface area contributed by atoms with Gasteiger partial charge >= 0.3 is 0 Å². The number of aromatic nitrogens is 1. The molecule has 2 N–H and O–H groups in total. The number of nitrogens with two attached hydrogens (primary N) is 1. The molecule has 3 rings (SSSR count). The molecule has 0 bridgehead atoms. The highest BCUT2D eigenvalue weighted by molar-refractivity contribution is 5.95. The molecule has 0 unspecified atom stereocenters. The Kier molecular flexibility index (Phi) is 2.23. The maximum absolute atomic E-state index is 12.2. The molecule has 0 radical (unpaired) electrons. The largest absolute Gasteiger partial charge is 0.335 e. The summed E-state index contributed by atoms with van der Waals surface area (Å²) in [6.07, 6.45) is 4.16. The molecule has 4 heteroatoms. The minimum absolute atomic E-state index is 0.0670. The van der Waals surface area contributed by atoms with Crippen LogP contribution in [0.25, 0.3) is 0 Å². The zero-order valence-corrected chi connectivity index (χ0v) is 10.0. The third kappa shape index (κ3) is 1.72. The summed E-state index contributed by atoms with van der Waals surface area (Å²) in [4.78, 5) is 18.2. The average Bonchev–Trinajstić information content (AvgIpc) is 3.08. The molecule has 2 heterocycles. The second kappa shape index (κ2) is 3.53. The van der Waals surface area contributed by atoms with Crippen molar-refractivity contribution < 1.29 is 4.79 Å². The van der Waals surface area contributed by atoms with Crippen LogP contribution in [0.2, 0.25) is 0 Å². The van der Waals surface area contributed by atoms with E-state index in [9.17, 15) is 4.79 Å². The highest BCUT2D eigenvalue weighted by Gasteiger charge is 2.51.